The van der Waals surface area contributed by atoms with Crippen molar-refractivity contribution in [1.82, 2.24) is 0 Å². The van der Waals surface area contributed by atoms with Gasteiger partial charge in [-0.25, -0.2) is 0 Å². The van der Waals surface area contributed by atoms with E-state index in [0.717, 1.165) is 0 Å². The molecular weight excluding hydrogens is 392 g/mol. The van der Waals surface area contributed by atoms with Crippen molar-refractivity contribution in [3.8, 4) is 0 Å². The van der Waals surface area contributed by atoms with Crippen molar-refractivity contribution in [3.05, 3.63) is 81.9 Å². The Hall–Kier alpha value is -1.65. The molecule has 0 radical (unpaired) electrons. The fourth-order valence-electron chi connectivity index (χ4n) is 6.43. The molecule has 30 heavy (non-hydrogen) atoms. The van der Waals surface area contributed by atoms with Crippen LogP contribution in [0.3, 0.4) is 0 Å². The maximum Gasteiger partial charge on any atom is 0.0569 e. The molecule has 0 spiro atoms. The molecule has 2 unspecified atom stereocenters. The van der Waals surface area contributed by atoms with Gasteiger partial charge in [0.2, 0.25) is 0 Å². The van der Waals surface area contributed by atoms with E-state index in [1.807, 2.05) is 0 Å². The number of allylic oxidation sites excluding steroid dienone is 4. The first-order chi connectivity index (χ1) is 14.0. The minimum Gasteiger partial charge on any atom is -0.0688 e. The Morgan fingerprint density at radius 3 is 1.23 bits per heavy atom. The van der Waals surface area contributed by atoms with Crippen LogP contribution >= 0.6 is 0 Å². The Morgan fingerprint density at radius 2 is 0.900 bits per heavy atom. The molecule has 2 aliphatic carbocycles. The summed E-state index contributed by atoms with van der Waals surface area (Å²) in [6.45, 7) is 20.0. The van der Waals surface area contributed by atoms with Gasteiger partial charge in [0, 0.05) is 11.1 Å². The zero-order chi connectivity index (χ0) is 21.8. The molecule has 0 aliphatic heterocycles. The second kappa shape index (κ2) is 7.49. The first-order valence-corrected chi connectivity index (χ1v) is 18.7. The maximum atomic E-state index is 2.53. The fourth-order valence-corrected chi connectivity index (χ4v) is 11.7. The summed E-state index contributed by atoms with van der Waals surface area (Å²) in [5, 5.41) is 0. The van der Waals surface area contributed by atoms with Gasteiger partial charge < -0.3 is 0 Å². The third kappa shape index (κ3) is 3.52. The minimum atomic E-state index is -1.31. The molecule has 2 atom stereocenters. The van der Waals surface area contributed by atoms with E-state index < -0.39 is 16.1 Å². The first-order valence-electron chi connectivity index (χ1n) is 11.6. The Bertz CT molecular complexity index is 955. The molecule has 0 aromatic heterocycles. The zero-order valence-corrected chi connectivity index (χ0v) is 22.2. The van der Waals surface area contributed by atoms with E-state index in [1.165, 1.54) is 24.0 Å². The van der Waals surface area contributed by atoms with Crippen LogP contribution in [0.4, 0.5) is 0 Å². The van der Waals surface area contributed by atoms with Crippen molar-refractivity contribution in [1.29, 1.82) is 0 Å². The van der Waals surface area contributed by atoms with Crippen LogP contribution in [0.2, 0.25) is 39.3 Å². The highest BCUT2D eigenvalue weighted by Gasteiger charge is 2.39. The molecule has 0 fully saturated rings. The van der Waals surface area contributed by atoms with Crippen LogP contribution in [-0.4, -0.2) is 16.1 Å². The summed E-state index contributed by atoms with van der Waals surface area (Å²) in [6, 6.07) is 18.5. The van der Waals surface area contributed by atoms with Crippen molar-refractivity contribution in [2.45, 2.75) is 77.1 Å². The molecular formula is C28H38Si2. The quantitative estimate of drug-likeness (QED) is 0.416. The second-order valence-electron chi connectivity index (χ2n) is 11.6. The highest BCUT2D eigenvalue weighted by atomic mass is 28.3. The van der Waals surface area contributed by atoms with E-state index >= 15 is 0 Å². The molecule has 0 amide bonds. The molecule has 0 nitrogen and oxygen atoms in total. The van der Waals surface area contributed by atoms with E-state index in [1.54, 1.807) is 33.4 Å². The summed E-state index contributed by atoms with van der Waals surface area (Å²) in [5.41, 5.74) is 14.2. The lowest BCUT2D eigenvalue weighted by Crippen LogP contribution is -2.30. The second-order valence-corrected chi connectivity index (χ2v) is 22.2. The highest BCUT2D eigenvalue weighted by Crippen LogP contribution is 2.51. The van der Waals surface area contributed by atoms with Gasteiger partial charge in [-0.3, -0.25) is 0 Å². The molecule has 2 aromatic carbocycles. The number of rotatable bonds is 5. The Labute approximate surface area is 186 Å². The third-order valence-corrected chi connectivity index (χ3v) is 12.3. The Morgan fingerprint density at radius 1 is 0.567 bits per heavy atom. The van der Waals surface area contributed by atoms with Crippen LogP contribution in [0, 0.1) is 0 Å². The summed E-state index contributed by atoms with van der Waals surface area (Å²) >= 11 is 0. The number of hydrogen-bond acceptors (Lipinski definition) is 0. The van der Waals surface area contributed by atoms with Crippen LogP contribution in [0.5, 0.6) is 0 Å². The third-order valence-electron chi connectivity index (χ3n) is 7.37. The minimum absolute atomic E-state index is 0.671. The smallest absolute Gasteiger partial charge is 0.0569 e. The topological polar surface area (TPSA) is 0 Å². The van der Waals surface area contributed by atoms with Crippen LogP contribution in [0.15, 0.2) is 59.7 Å². The normalized spacial score (nSPS) is 21.3. The van der Waals surface area contributed by atoms with Gasteiger partial charge in [0.1, 0.15) is 0 Å². The zero-order valence-electron chi connectivity index (χ0n) is 20.2. The molecule has 158 valence electrons. The molecule has 2 heteroatoms. The maximum absolute atomic E-state index is 2.53. The lowest BCUT2D eigenvalue weighted by Gasteiger charge is -2.28. The predicted octanol–water partition coefficient (Wildman–Crippen LogP) is 8.66. The molecule has 2 aliphatic rings. The van der Waals surface area contributed by atoms with Gasteiger partial charge in [-0.05, 0) is 60.1 Å². The number of benzene rings is 2. The van der Waals surface area contributed by atoms with E-state index in [4.69, 9.17) is 0 Å². The molecule has 0 saturated carbocycles. The summed E-state index contributed by atoms with van der Waals surface area (Å²) in [4.78, 5) is 0. The largest absolute Gasteiger partial charge is 0.0688 e. The summed E-state index contributed by atoms with van der Waals surface area (Å²) in [5.74, 6) is 0. The number of fused-ring (bicyclic) bond motifs is 2. The SMILES string of the molecule is CC1=C(CCC2=C(C)C([Si](C)(C)C)c3ccccc32)c2ccccc2C1[Si](C)(C)C. The lowest BCUT2D eigenvalue weighted by molar-refractivity contribution is 1.03. The average Bonchev–Trinajstić information content (AvgIpc) is 3.09. The molecule has 2 aromatic rings. The average molecular weight is 431 g/mol. The highest BCUT2D eigenvalue weighted by molar-refractivity contribution is 6.78. The molecule has 0 heterocycles. The van der Waals surface area contributed by atoms with E-state index in [0.29, 0.717) is 11.1 Å². The van der Waals surface area contributed by atoms with Crippen molar-refractivity contribution in [3.63, 3.8) is 0 Å². The molecule has 0 N–H and O–H groups in total. The molecule has 4 rings (SSSR count). The van der Waals surface area contributed by atoms with Crippen LogP contribution in [-0.2, 0) is 0 Å². The molecule has 0 bridgehead atoms. The van der Waals surface area contributed by atoms with Gasteiger partial charge in [0.05, 0.1) is 16.1 Å². The van der Waals surface area contributed by atoms with E-state index in [2.05, 4.69) is 102 Å². The van der Waals surface area contributed by atoms with Gasteiger partial charge in [-0.15, -0.1) is 0 Å². The van der Waals surface area contributed by atoms with Gasteiger partial charge in [0.15, 0.2) is 0 Å². The summed E-state index contributed by atoms with van der Waals surface area (Å²) < 4.78 is 0. The van der Waals surface area contributed by atoms with Crippen LogP contribution < -0.4 is 0 Å². The Balaban J connectivity index is 1.71. The lowest BCUT2D eigenvalue weighted by atomic mass is 9.95. The summed E-state index contributed by atoms with van der Waals surface area (Å²) in [7, 11) is -2.62. The monoisotopic (exact) mass is 430 g/mol. The van der Waals surface area contributed by atoms with Gasteiger partial charge in [0.25, 0.3) is 0 Å². The van der Waals surface area contributed by atoms with Gasteiger partial charge >= 0.3 is 0 Å². The van der Waals surface area contributed by atoms with E-state index in [9.17, 15) is 0 Å². The fraction of sp³-hybridized carbons (Fsp3) is 0.429. The predicted molar refractivity (Wildman–Crippen MR) is 139 cm³/mol. The van der Waals surface area contributed by atoms with Crippen molar-refractivity contribution in [2.75, 3.05) is 0 Å². The van der Waals surface area contributed by atoms with Gasteiger partial charge in [-0.2, -0.15) is 0 Å². The standard InChI is InChI=1S/C28H38Si2/c1-19-21(23-13-9-11-15-25(23)27(19)29(3,4)5)17-18-22-20(2)28(30(6,7)8)26-16-12-10-14-24(22)26/h9-16,27-28H,17-18H2,1-8H3. The van der Waals surface area contributed by atoms with Crippen molar-refractivity contribution in [2.24, 2.45) is 0 Å². The number of hydrogen-bond donors (Lipinski definition) is 0. The van der Waals surface area contributed by atoms with Crippen molar-refractivity contribution >= 4 is 27.3 Å². The summed E-state index contributed by atoms with van der Waals surface area (Å²) in [6.07, 6.45) is 2.34. The van der Waals surface area contributed by atoms with Gasteiger partial charge in [-0.1, -0.05) is 99.0 Å². The first kappa shape index (κ1) is 21.6. The van der Waals surface area contributed by atoms with E-state index in [-0.39, 0.29) is 0 Å². The van der Waals surface area contributed by atoms with Crippen molar-refractivity contribution < 1.29 is 0 Å². The van der Waals surface area contributed by atoms with Crippen LogP contribution in [0.25, 0.3) is 11.1 Å². The van der Waals surface area contributed by atoms with Crippen LogP contribution in [0.1, 0.15) is 60.0 Å². The molecule has 0 saturated heterocycles. The Kier molecular flexibility index (Phi) is 5.39.